The van der Waals surface area contributed by atoms with Crippen molar-refractivity contribution in [3.05, 3.63) is 29.6 Å². The zero-order valence-electron chi connectivity index (χ0n) is 13.6. The Hall–Kier alpha value is -1.82. The number of amides is 2. The molecule has 2 N–H and O–H groups in total. The van der Waals surface area contributed by atoms with Crippen molar-refractivity contribution in [3.63, 3.8) is 0 Å². The van der Waals surface area contributed by atoms with E-state index in [-0.39, 0.29) is 24.9 Å². The smallest absolute Gasteiger partial charge is 0.317 e. The number of aliphatic hydroxyl groups is 1. The van der Waals surface area contributed by atoms with Crippen LogP contribution in [0.2, 0.25) is 0 Å². The van der Waals surface area contributed by atoms with Gasteiger partial charge in [-0.2, -0.15) is 0 Å². The molecule has 1 aromatic rings. The second kappa shape index (κ2) is 7.98. The van der Waals surface area contributed by atoms with Crippen molar-refractivity contribution in [2.45, 2.75) is 39.8 Å². The van der Waals surface area contributed by atoms with Crippen LogP contribution in [0.25, 0.3) is 0 Å². The molecule has 1 rings (SSSR count). The summed E-state index contributed by atoms with van der Waals surface area (Å²) >= 11 is 0. The summed E-state index contributed by atoms with van der Waals surface area (Å²) in [6.07, 6.45) is 0. The lowest BCUT2D eigenvalue weighted by Crippen LogP contribution is -2.46. The summed E-state index contributed by atoms with van der Waals surface area (Å²) in [5.41, 5.74) is -0.313. The molecule has 0 spiro atoms. The van der Waals surface area contributed by atoms with Gasteiger partial charge >= 0.3 is 6.03 Å². The van der Waals surface area contributed by atoms with Gasteiger partial charge < -0.3 is 20.1 Å². The van der Waals surface area contributed by atoms with Gasteiger partial charge in [0.25, 0.3) is 0 Å². The fourth-order valence-electron chi connectivity index (χ4n) is 2.01. The monoisotopic (exact) mass is 312 g/mol. The molecule has 0 saturated heterocycles. The Morgan fingerprint density at radius 2 is 2.09 bits per heavy atom. The van der Waals surface area contributed by atoms with E-state index in [0.717, 1.165) is 0 Å². The zero-order chi connectivity index (χ0) is 16.8. The van der Waals surface area contributed by atoms with E-state index in [9.17, 15) is 14.3 Å². The van der Waals surface area contributed by atoms with E-state index in [2.05, 4.69) is 5.32 Å². The summed E-state index contributed by atoms with van der Waals surface area (Å²) < 4.78 is 18.9. The summed E-state index contributed by atoms with van der Waals surface area (Å²) in [6, 6.07) is 4.31. The van der Waals surface area contributed by atoms with Gasteiger partial charge in [-0.15, -0.1) is 0 Å². The van der Waals surface area contributed by atoms with E-state index in [1.165, 1.54) is 11.0 Å². The van der Waals surface area contributed by atoms with E-state index >= 15 is 0 Å². The predicted octanol–water partition coefficient (Wildman–Crippen LogP) is 2.53. The van der Waals surface area contributed by atoms with Crippen LogP contribution in [0.1, 0.15) is 33.3 Å². The van der Waals surface area contributed by atoms with E-state index in [0.29, 0.717) is 18.7 Å². The molecule has 1 aromatic carbocycles. The van der Waals surface area contributed by atoms with Crippen LogP contribution in [0.3, 0.4) is 0 Å². The van der Waals surface area contributed by atoms with Crippen LogP contribution in [0.5, 0.6) is 5.75 Å². The van der Waals surface area contributed by atoms with Crippen molar-refractivity contribution in [1.82, 2.24) is 10.2 Å². The highest BCUT2D eigenvalue weighted by Gasteiger charge is 2.21. The van der Waals surface area contributed by atoms with Gasteiger partial charge in [-0.1, -0.05) is 6.07 Å². The molecule has 0 aliphatic heterocycles. The second-order valence-electron chi connectivity index (χ2n) is 5.68. The number of nitrogens with zero attached hydrogens (tertiary/aromatic N) is 1. The SMILES string of the molecule is CCOc1ccc(CNC(=O)N(CC)CC(C)(C)O)cc1F. The molecule has 0 fully saturated rings. The van der Waals surface area contributed by atoms with Crippen LogP contribution in [-0.4, -0.2) is 41.3 Å². The lowest BCUT2D eigenvalue weighted by molar-refractivity contribution is 0.0480. The maximum atomic E-state index is 13.7. The first-order valence-corrected chi connectivity index (χ1v) is 7.43. The van der Waals surface area contributed by atoms with Crippen molar-refractivity contribution in [2.75, 3.05) is 19.7 Å². The van der Waals surface area contributed by atoms with Gasteiger partial charge in [0, 0.05) is 13.1 Å². The number of hydrogen-bond acceptors (Lipinski definition) is 3. The van der Waals surface area contributed by atoms with E-state index in [4.69, 9.17) is 4.74 Å². The van der Waals surface area contributed by atoms with E-state index < -0.39 is 11.4 Å². The molecule has 0 radical (unpaired) electrons. The predicted molar refractivity (Wildman–Crippen MR) is 83.3 cm³/mol. The van der Waals surface area contributed by atoms with E-state index in [1.54, 1.807) is 32.9 Å². The summed E-state index contributed by atoms with van der Waals surface area (Å²) in [5, 5.41) is 12.5. The van der Waals surface area contributed by atoms with Crippen molar-refractivity contribution in [3.8, 4) is 5.75 Å². The highest BCUT2D eigenvalue weighted by molar-refractivity contribution is 5.74. The highest BCUT2D eigenvalue weighted by Crippen LogP contribution is 2.18. The van der Waals surface area contributed by atoms with Crippen molar-refractivity contribution in [1.29, 1.82) is 0 Å². The second-order valence-corrected chi connectivity index (χ2v) is 5.68. The largest absolute Gasteiger partial charge is 0.491 e. The fourth-order valence-corrected chi connectivity index (χ4v) is 2.01. The molecule has 124 valence electrons. The quantitative estimate of drug-likeness (QED) is 0.813. The normalized spacial score (nSPS) is 11.2. The summed E-state index contributed by atoms with van der Waals surface area (Å²) in [7, 11) is 0. The van der Waals surface area contributed by atoms with Crippen molar-refractivity contribution < 1.29 is 19.0 Å². The van der Waals surface area contributed by atoms with Crippen LogP contribution in [0.4, 0.5) is 9.18 Å². The van der Waals surface area contributed by atoms with Gasteiger partial charge in [0.1, 0.15) is 0 Å². The summed E-state index contributed by atoms with van der Waals surface area (Å²) in [6.45, 7) is 8.23. The van der Waals surface area contributed by atoms with Gasteiger partial charge in [0.2, 0.25) is 0 Å². The molecule has 5 nitrogen and oxygen atoms in total. The van der Waals surface area contributed by atoms with Crippen LogP contribution in [0, 0.1) is 5.82 Å². The fraction of sp³-hybridized carbons (Fsp3) is 0.562. The molecule has 0 heterocycles. The molecule has 2 amide bonds. The maximum absolute atomic E-state index is 13.7. The number of hydrogen-bond donors (Lipinski definition) is 2. The molecule has 0 bridgehead atoms. The Morgan fingerprint density at radius 3 is 2.59 bits per heavy atom. The molecule has 0 atom stereocenters. The molecule has 0 aliphatic rings. The van der Waals surface area contributed by atoms with Crippen LogP contribution >= 0.6 is 0 Å². The third-order valence-electron chi connectivity index (χ3n) is 2.99. The minimum atomic E-state index is -0.960. The Bertz CT molecular complexity index is 501. The molecular formula is C16H25FN2O3. The number of halogens is 1. The molecule has 0 saturated carbocycles. The molecule has 22 heavy (non-hydrogen) atoms. The third kappa shape index (κ3) is 5.89. The highest BCUT2D eigenvalue weighted by atomic mass is 19.1. The third-order valence-corrected chi connectivity index (χ3v) is 2.99. The molecule has 6 heteroatoms. The Kier molecular flexibility index (Phi) is 6.61. The van der Waals surface area contributed by atoms with Crippen molar-refractivity contribution in [2.24, 2.45) is 0 Å². The lowest BCUT2D eigenvalue weighted by Gasteiger charge is -2.28. The standard InChI is InChI=1S/C16H25FN2O3/c1-5-19(11-16(3,4)21)15(20)18-10-12-7-8-14(22-6-2)13(17)9-12/h7-9,21H,5-6,10-11H2,1-4H3,(H,18,20). The topological polar surface area (TPSA) is 61.8 Å². The van der Waals surface area contributed by atoms with E-state index in [1.807, 2.05) is 6.92 Å². The number of ether oxygens (including phenoxy) is 1. The van der Waals surface area contributed by atoms with Crippen LogP contribution < -0.4 is 10.1 Å². The van der Waals surface area contributed by atoms with Gasteiger partial charge in [0.15, 0.2) is 11.6 Å². The number of likely N-dealkylation sites (N-methyl/N-ethyl adjacent to an activating group) is 1. The Labute approximate surface area is 131 Å². The average Bonchev–Trinajstić information content (AvgIpc) is 2.44. The van der Waals surface area contributed by atoms with Crippen LogP contribution in [-0.2, 0) is 6.54 Å². The first-order chi connectivity index (χ1) is 10.3. The first-order valence-electron chi connectivity index (χ1n) is 7.43. The first kappa shape index (κ1) is 18.2. The van der Waals surface area contributed by atoms with Crippen LogP contribution in [0.15, 0.2) is 18.2 Å². The minimum absolute atomic E-state index is 0.204. The maximum Gasteiger partial charge on any atom is 0.317 e. The van der Waals surface area contributed by atoms with Gasteiger partial charge in [0.05, 0.1) is 18.8 Å². The molecular weight excluding hydrogens is 287 g/mol. The molecule has 0 unspecified atom stereocenters. The van der Waals surface area contributed by atoms with Gasteiger partial charge in [-0.05, 0) is 45.4 Å². The van der Waals surface area contributed by atoms with Crippen molar-refractivity contribution >= 4 is 6.03 Å². The Balaban J connectivity index is 2.61. The summed E-state index contributed by atoms with van der Waals surface area (Å²) in [5.74, 6) is -0.243. The number of carbonyl (C=O) groups is 1. The number of nitrogens with one attached hydrogen (secondary N) is 1. The zero-order valence-corrected chi connectivity index (χ0v) is 13.6. The molecule has 0 aromatic heterocycles. The molecule has 0 aliphatic carbocycles. The number of carbonyl (C=O) groups excluding carboxylic acids is 1. The summed E-state index contributed by atoms with van der Waals surface area (Å²) in [4.78, 5) is 13.6. The number of benzene rings is 1. The Morgan fingerprint density at radius 1 is 1.41 bits per heavy atom. The number of urea groups is 1. The van der Waals surface area contributed by atoms with Gasteiger partial charge in [-0.3, -0.25) is 0 Å². The average molecular weight is 312 g/mol. The minimum Gasteiger partial charge on any atom is -0.491 e. The lowest BCUT2D eigenvalue weighted by atomic mass is 10.1. The number of rotatable bonds is 7. The van der Waals surface area contributed by atoms with Gasteiger partial charge in [-0.25, -0.2) is 9.18 Å².